The average Bonchev–Trinajstić information content (AvgIpc) is 3.40. The van der Waals surface area contributed by atoms with E-state index < -0.39 is 11.1 Å². The van der Waals surface area contributed by atoms with Crippen LogP contribution in [0.3, 0.4) is 0 Å². The summed E-state index contributed by atoms with van der Waals surface area (Å²) < 4.78 is 1.29. The first-order chi connectivity index (χ1) is 11.5. The summed E-state index contributed by atoms with van der Waals surface area (Å²) in [7, 11) is 0. The number of H-pyrrole nitrogens is 1. The Hall–Kier alpha value is -2.63. The molecule has 1 aromatic carbocycles. The van der Waals surface area contributed by atoms with Gasteiger partial charge in [-0.05, 0) is 25.3 Å². The molecule has 0 spiro atoms. The fourth-order valence-corrected chi connectivity index (χ4v) is 2.70. The molecular formula is C18H21N3O3. The number of benzene rings is 1. The van der Waals surface area contributed by atoms with Crippen LogP contribution < -0.4 is 11.1 Å². The highest BCUT2D eigenvalue weighted by Gasteiger charge is 2.32. The van der Waals surface area contributed by atoms with Gasteiger partial charge in [-0.25, -0.2) is 0 Å². The monoisotopic (exact) mass is 327 g/mol. The van der Waals surface area contributed by atoms with E-state index in [-0.39, 0.29) is 18.9 Å². The molecule has 0 bridgehead atoms. The van der Waals surface area contributed by atoms with E-state index in [2.05, 4.69) is 4.98 Å². The second kappa shape index (κ2) is 6.86. The predicted molar refractivity (Wildman–Crippen MR) is 90.7 cm³/mol. The molecule has 24 heavy (non-hydrogen) atoms. The van der Waals surface area contributed by atoms with Crippen molar-refractivity contribution in [3.8, 4) is 0 Å². The lowest BCUT2D eigenvalue weighted by Gasteiger charge is -2.23. The summed E-state index contributed by atoms with van der Waals surface area (Å²) >= 11 is 0. The number of nitrogens with one attached hydrogen (secondary N) is 1. The molecule has 1 aliphatic rings. The highest BCUT2D eigenvalue weighted by Crippen LogP contribution is 2.29. The van der Waals surface area contributed by atoms with Gasteiger partial charge < -0.3 is 14.5 Å². The van der Waals surface area contributed by atoms with Crippen molar-refractivity contribution in [2.24, 2.45) is 0 Å². The van der Waals surface area contributed by atoms with Crippen molar-refractivity contribution < 1.29 is 4.79 Å². The molecule has 1 fully saturated rings. The minimum atomic E-state index is -0.663. The first kappa shape index (κ1) is 16.2. The molecule has 1 heterocycles. The molecular weight excluding hydrogens is 306 g/mol. The third kappa shape index (κ3) is 3.82. The number of aromatic nitrogens is 2. The van der Waals surface area contributed by atoms with Crippen molar-refractivity contribution >= 4 is 5.91 Å². The summed E-state index contributed by atoms with van der Waals surface area (Å²) in [6, 6.07) is 8.47. The van der Waals surface area contributed by atoms with Gasteiger partial charge in [0.1, 0.15) is 0 Å². The van der Waals surface area contributed by atoms with Crippen LogP contribution in [0.5, 0.6) is 0 Å². The molecule has 0 atom stereocenters. The van der Waals surface area contributed by atoms with Crippen LogP contribution >= 0.6 is 0 Å². The highest BCUT2D eigenvalue weighted by molar-refractivity contribution is 5.76. The van der Waals surface area contributed by atoms with E-state index in [1.165, 1.54) is 22.5 Å². The Morgan fingerprint density at radius 1 is 1.25 bits per heavy atom. The Kier molecular flexibility index (Phi) is 4.64. The van der Waals surface area contributed by atoms with Gasteiger partial charge in [-0.1, -0.05) is 29.8 Å². The van der Waals surface area contributed by atoms with E-state index in [4.69, 9.17) is 0 Å². The van der Waals surface area contributed by atoms with E-state index in [0.29, 0.717) is 12.6 Å². The first-order valence-corrected chi connectivity index (χ1v) is 8.18. The fraction of sp³-hybridized carbons (Fsp3) is 0.389. The van der Waals surface area contributed by atoms with Gasteiger partial charge in [0.25, 0.3) is 0 Å². The number of amides is 1. The van der Waals surface area contributed by atoms with Gasteiger partial charge in [-0.3, -0.25) is 14.4 Å². The minimum absolute atomic E-state index is 0.0188. The summed E-state index contributed by atoms with van der Waals surface area (Å²) in [5, 5.41) is 0. The van der Waals surface area contributed by atoms with Gasteiger partial charge in [-0.2, -0.15) is 0 Å². The summed E-state index contributed by atoms with van der Waals surface area (Å²) in [6.07, 6.45) is 5.19. The maximum absolute atomic E-state index is 12.6. The zero-order valence-corrected chi connectivity index (χ0v) is 13.7. The van der Waals surface area contributed by atoms with Gasteiger partial charge >= 0.3 is 11.1 Å². The molecule has 0 radical (unpaired) electrons. The van der Waals surface area contributed by atoms with Gasteiger partial charge in [-0.15, -0.1) is 0 Å². The second-order valence-electron chi connectivity index (χ2n) is 6.28. The number of nitrogens with zero attached hydrogens (tertiary/aromatic N) is 2. The zero-order valence-electron chi connectivity index (χ0n) is 13.7. The minimum Gasteiger partial charge on any atom is -0.335 e. The Morgan fingerprint density at radius 2 is 1.96 bits per heavy atom. The van der Waals surface area contributed by atoms with E-state index >= 15 is 0 Å². The zero-order chi connectivity index (χ0) is 17.1. The normalized spacial score (nSPS) is 13.7. The average molecular weight is 327 g/mol. The Bertz CT molecular complexity index is 832. The smallest absolute Gasteiger partial charge is 0.316 e. The quantitative estimate of drug-likeness (QED) is 0.816. The summed E-state index contributed by atoms with van der Waals surface area (Å²) in [5.74, 6) is 0.0188. The van der Waals surface area contributed by atoms with Crippen molar-refractivity contribution in [2.75, 3.05) is 0 Å². The number of aryl methyl sites for hydroxylation is 2. The second-order valence-corrected chi connectivity index (χ2v) is 6.28. The molecule has 0 saturated heterocycles. The molecule has 1 N–H and O–H groups in total. The third-order valence-electron chi connectivity index (χ3n) is 4.27. The van der Waals surface area contributed by atoms with Crippen LogP contribution in [0.25, 0.3) is 0 Å². The van der Waals surface area contributed by atoms with E-state index in [1.54, 1.807) is 0 Å². The van der Waals surface area contributed by atoms with Crippen LogP contribution in [0.2, 0.25) is 0 Å². The topological polar surface area (TPSA) is 75.2 Å². The molecule has 2 aromatic rings. The number of hydrogen-bond donors (Lipinski definition) is 1. The van der Waals surface area contributed by atoms with E-state index in [1.807, 2.05) is 36.1 Å². The molecule has 1 saturated carbocycles. The van der Waals surface area contributed by atoms with Crippen molar-refractivity contribution in [3.05, 3.63) is 68.5 Å². The SMILES string of the molecule is Cc1ccc(CN(C(=O)CCn2cc[nH]c(=O)c2=O)C2CC2)cc1. The molecule has 1 aromatic heterocycles. The molecule has 126 valence electrons. The summed E-state index contributed by atoms with van der Waals surface area (Å²) in [4.78, 5) is 39.8. The Morgan fingerprint density at radius 3 is 2.62 bits per heavy atom. The Labute approximate surface area is 139 Å². The van der Waals surface area contributed by atoms with Crippen LogP contribution in [0.4, 0.5) is 0 Å². The predicted octanol–water partition coefficient (Wildman–Crippen LogP) is 1.43. The highest BCUT2D eigenvalue weighted by atomic mass is 16.2. The van der Waals surface area contributed by atoms with Crippen LogP contribution in [-0.2, 0) is 17.9 Å². The van der Waals surface area contributed by atoms with Gasteiger partial charge in [0.05, 0.1) is 0 Å². The van der Waals surface area contributed by atoms with Crippen molar-refractivity contribution in [3.63, 3.8) is 0 Å². The van der Waals surface area contributed by atoms with Gasteiger partial charge in [0.15, 0.2) is 0 Å². The van der Waals surface area contributed by atoms with Crippen LogP contribution in [-0.4, -0.2) is 26.4 Å². The van der Waals surface area contributed by atoms with Crippen molar-refractivity contribution in [2.45, 2.75) is 45.3 Å². The number of rotatable bonds is 6. The van der Waals surface area contributed by atoms with E-state index in [0.717, 1.165) is 18.4 Å². The van der Waals surface area contributed by atoms with Crippen LogP contribution in [0.1, 0.15) is 30.4 Å². The van der Waals surface area contributed by atoms with E-state index in [9.17, 15) is 14.4 Å². The molecule has 0 aliphatic heterocycles. The number of hydrogen-bond acceptors (Lipinski definition) is 3. The van der Waals surface area contributed by atoms with Gasteiger partial charge in [0, 0.05) is 37.9 Å². The lowest BCUT2D eigenvalue weighted by Crippen LogP contribution is -2.37. The lowest BCUT2D eigenvalue weighted by molar-refractivity contribution is -0.132. The lowest BCUT2D eigenvalue weighted by atomic mass is 10.1. The third-order valence-corrected chi connectivity index (χ3v) is 4.27. The molecule has 3 rings (SSSR count). The number of aromatic amines is 1. The molecule has 6 heteroatoms. The molecule has 6 nitrogen and oxygen atoms in total. The molecule has 1 amide bonds. The molecule has 0 unspecified atom stereocenters. The number of carbonyl (C=O) groups is 1. The number of carbonyl (C=O) groups excluding carboxylic acids is 1. The fourth-order valence-electron chi connectivity index (χ4n) is 2.70. The summed E-state index contributed by atoms with van der Waals surface area (Å²) in [5.41, 5.74) is 1.01. The maximum Gasteiger partial charge on any atom is 0.316 e. The van der Waals surface area contributed by atoms with Crippen LogP contribution in [0, 0.1) is 6.92 Å². The Balaban J connectivity index is 1.66. The van der Waals surface area contributed by atoms with Crippen LogP contribution in [0.15, 0.2) is 46.2 Å². The van der Waals surface area contributed by atoms with Gasteiger partial charge in [0.2, 0.25) is 5.91 Å². The largest absolute Gasteiger partial charge is 0.335 e. The molecule has 1 aliphatic carbocycles. The first-order valence-electron chi connectivity index (χ1n) is 8.18. The standard InChI is InChI=1S/C18H21N3O3/c1-13-2-4-14(5-3-13)12-21(15-6-7-15)16(22)8-10-20-11-9-19-17(23)18(20)24/h2-5,9,11,15H,6-8,10,12H2,1H3,(H,19,23). The summed E-state index contributed by atoms with van der Waals surface area (Å²) in [6.45, 7) is 2.85. The maximum atomic E-state index is 12.6. The van der Waals surface area contributed by atoms with Crippen molar-refractivity contribution in [1.82, 2.24) is 14.5 Å². The van der Waals surface area contributed by atoms with Crippen molar-refractivity contribution in [1.29, 1.82) is 0 Å².